The van der Waals surface area contributed by atoms with Gasteiger partial charge in [0.2, 0.25) is 0 Å². The van der Waals surface area contributed by atoms with Gasteiger partial charge in [-0.2, -0.15) is 0 Å². The minimum atomic E-state index is -0.248. The first-order valence-electron chi connectivity index (χ1n) is 5.00. The van der Waals surface area contributed by atoms with Crippen LogP contribution in [0.25, 0.3) is 0 Å². The van der Waals surface area contributed by atoms with Crippen LogP contribution in [0.15, 0.2) is 18.2 Å². The summed E-state index contributed by atoms with van der Waals surface area (Å²) in [4.78, 5) is 0. The SMILES string of the molecule is CC1(C)CC1(CO)c1c(Cl)cccc1Cl. The Labute approximate surface area is 100 Å². The quantitative estimate of drug-likeness (QED) is 0.843. The molecule has 3 heteroatoms. The van der Waals surface area contributed by atoms with Crippen molar-refractivity contribution in [3.05, 3.63) is 33.8 Å². The lowest BCUT2D eigenvalue weighted by molar-refractivity contribution is 0.231. The predicted molar refractivity (Wildman–Crippen MR) is 63.6 cm³/mol. The number of halogens is 2. The first-order chi connectivity index (χ1) is 6.94. The van der Waals surface area contributed by atoms with Crippen LogP contribution >= 0.6 is 23.2 Å². The summed E-state index contributed by atoms with van der Waals surface area (Å²) >= 11 is 12.3. The van der Waals surface area contributed by atoms with E-state index < -0.39 is 0 Å². The highest BCUT2D eigenvalue weighted by Crippen LogP contribution is 2.66. The first kappa shape index (κ1) is 11.3. The summed E-state index contributed by atoms with van der Waals surface area (Å²) in [5.41, 5.74) is 0.736. The van der Waals surface area contributed by atoms with Gasteiger partial charge >= 0.3 is 0 Å². The lowest BCUT2D eigenvalue weighted by Gasteiger charge is -2.21. The Morgan fingerprint density at radius 1 is 1.27 bits per heavy atom. The Morgan fingerprint density at radius 3 is 2.07 bits per heavy atom. The van der Waals surface area contributed by atoms with E-state index in [9.17, 15) is 5.11 Å². The third-order valence-electron chi connectivity index (χ3n) is 3.63. The van der Waals surface area contributed by atoms with Crippen LogP contribution in [0, 0.1) is 5.41 Å². The number of benzene rings is 1. The van der Waals surface area contributed by atoms with Gasteiger partial charge in [0, 0.05) is 15.5 Å². The summed E-state index contributed by atoms with van der Waals surface area (Å²) in [7, 11) is 0. The van der Waals surface area contributed by atoms with E-state index in [1.165, 1.54) is 0 Å². The highest BCUT2D eigenvalue weighted by Gasteiger charge is 2.63. The van der Waals surface area contributed by atoms with Crippen LogP contribution in [0.1, 0.15) is 25.8 Å². The summed E-state index contributed by atoms with van der Waals surface area (Å²) in [6.45, 7) is 4.36. The van der Waals surface area contributed by atoms with Crippen LogP contribution in [0.3, 0.4) is 0 Å². The first-order valence-corrected chi connectivity index (χ1v) is 5.75. The molecule has 2 rings (SSSR count). The van der Waals surface area contributed by atoms with Gasteiger partial charge in [-0.3, -0.25) is 0 Å². The third kappa shape index (κ3) is 1.49. The molecule has 0 aliphatic heterocycles. The second kappa shape index (κ2) is 3.38. The van der Waals surface area contributed by atoms with Crippen LogP contribution in [0.5, 0.6) is 0 Å². The summed E-state index contributed by atoms with van der Waals surface area (Å²) in [5.74, 6) is 0. The van der Waals surface area contributed by atoms with Gasteiger partial charge in [-0.15, -0.1) is 0 Å². The highest BCUT2D eigenvalue weighted by atomic mass is 35.5. The van der Waals surface area contributed by atoms with Crippen molar-refractivity contribution < 1.29 is 5.11 Å². The molecule has 0 saturated heterocycles. The van der Waals surface area contributed by atoms with Gasteiger partial charge in [0.15, 0.2) is 0 Å². The molecule has 1 aliphatic rings. The smallest absolute Gasteiger partial charge is 0.0534 e. The molecule has 82 valence electrons. The predicted octanol–water partition coefficient (Wildman–Crippen LogP) is 3.65. The van der Waals surface area contributed by atoms with E-state index in [2.05, 4.69) is 13.8 Å². The third-order valence-corrected chi connectivity index (χ3v) is 4.26. The molecule has 1 atom stereocenters. The van der Waals surface area contributed by atoms with E-state index in [1.807, 2.05) is 18.2 Å². The molecule has 1 aromatic rings. The second-order valence-corrected chi connectivity index (χ2v) is 5.71. The van der Waals surface area contributed by atoms with Crippen LogP contribution in [-0.2, 0) is 5.41 Å². The molecular formula is C12H14Cl2O. The number of rotatable bonds is 2. The molecule has 0 aromatic heterocycles. The van der Waals surface area contributed by atoms with Crippen molar-refractivity contribution in [3.8, 4) is 0 Å². The number of hydrogen-bond acceptors (Lipinski definition) is 1. The zero-order valence-electron chi connectivity index (χ0n) is 8.85. The van der Waals surface area contributed by atoms with Crippen LogP contribution in [0.2, 0.25) is 10.0 Å². The van der Waals surface area contributed by atoms with E-state index in [4.69, 9.17) is 23.2 Å². The maximum Gasteiger partial charge on any atom is 0.0534 e. The van der Waals surface area contributed by atoms with Crippen molar-refractivity contribution in [1.29, 1.82) is 0 Å². The number of aliphatic hydroxyl groups is 1. The van der Waals surface area contributed by atoms with Crippen LogP contribution in [-0.4, -0.2) is 11.7 Å². The van der Waals surface area contributed by atoms with Crippen LogP contribution < -0.4 is 0 Å². The molecule has 1 fully saturated rings. The topological polar surface area (TPSA) is 20.2 Å². The molecule has 0 heterocycles. The van der Waals surface area contributed by atoms with Gasteiger partial charge in [-0.25, -0.2) is 0 Å². The lowest BCUT2D eigenvalue weighted by atomic mass is 9.88. The number of aliphatic hydroxyl groups excluding tert-OH is 1. The van der Waals surface area contributed by atoms with Gasteiger partial charge in [-0.05, 0) is 29.5 Å². The van der Waals surface area contributed by atoms with E-state index in [-0.39, 0.29) is 17.4 Å². The van der Waals surface area contributed by atoms with E-state index >= 15 is 0 Å². The van der Waals surface area contributed by atoms with E-state index in [1.54, 1.807) is 0 Å². The average Bonchev–Trinajstić information content (AvgIpc) is 2.69. The molecule has 1 aliphatic carbocycles. The molecule has 0 spiro atoms. The Bertz CT molecular complexity index is 380. The van der Waals surface area contributed by atoms with Gasteiger partial charge in [0.05, 0.1) is 6.61 Å². The van der Waals surface area contributed by atoms with Gasteiger partial charge in [0.1, 0.15) is 0 Å². The molecule has 0 bridgehead atoms. The van der Waals surface area contributed by atoms with Crippen molar-refractivity contribution in [3.63, 3.8) is 0 Å². The lowest BCUT2D eigenvalue weighted by Crippen LogP contribution is -2.20. The average molecular weight is 245 g/mol. The monoisotopic (exact) mass is 244 g/mol. The van der Waals surface area contributed by atoms with Gasteiger partial charge < -0.3 is 5.11 Å². The summed E-state index contributed by atoms with van der Waals surface area (Å²) < 4.78 is 0. The fourth-order valence-electron chi connectivity index (χ4n) is 2.44. The molecule has 1 aromatic carbocycles. The fraction of sp³-hybridized carbons (Fsp3) is 0.500. The van der Waals surface area contributed by atoms with E-state index in [0.717, 1.165) is 12.0 Å². The standard InChI is InChI=1S/C12H14Cl2O/c1-11(2)6-12(11,7-15)10-8(13)4-3-5-9(10)14/h3-5,15H,6-7H2,1-2H3. The molecule has 1 unspecified atom stereocenters. The van der Waals surface area contributed by atoms with Crippen molar-refractivity contribution in [2.45, 2.75) is 25.7 Å². The zero-order chi connectivity index (χ0) is 11.3. The van der Waals surface area contributed by atoms with Crippen molar-refractivity contribution >= 4 is 23.2 Å². The molecular weight excluding hydrogens is 231 g/mol. The van der Waals surface area contributed by atoms with Crippen LogP contribution in [0.4, 0.5) is 0 Å². The highest BCUT2D eigenvalue weighted by molar-refractivity contribution is 6.36. The molecule has 1 saturated carbocycles. The largest absolute Gasteiger partial charge is 0.395 e. The Kier molecular flexibility index (Phi) is 2.53. The normalized spacial score (nSPS) is 27.8. The maximum absolute atomic E-state index is 9.58. The Morgan fingerprint density at radius 2 is 1.73 bits per heavy atom. The van der Waals surface area contributed by atoms with Crippen molar-refractivity contribution in [2.75, 3.05) is 6.61 Å². The number of hydrogen-bond donors (Lipinski definition) is 1. The molecule has 15 heavy (non-hydrogen) atoms. The minimum Gasteiger partial charge on any atom is -0.395 e. The van der Waals surface area contributed by atoms with Crippen molar-refractivity contribution in [2.24, 2.45) is 5.41 Å². The van der Waals surface area contributed by atoms with E-state index in [0.29, 0.717) is 10.0 Å². The molecule has 1 nitrogen and oxygen atoms in total. The minimum absolute atomic E-state index is 0.0797. The summed E-state index contributed by atoms with van der Waals surface area (Å²) in [5, 5.41) is 10.9. The Balaban J connectivity index is 2.55. The second-order valence-electron chi connectivity index (χ2n) is 4.90. The Hall–Kier alpha value is -0.240. The molecule has 1 N–H and O–H groups in total. The van der Waals surface area contributed by atoms with Crippen molar-refractivity contribution in [1.82, 2.24) is 0 Å². The molecule has 0 amide bonds. The fourth-order valence-corrected chi connectivity index (χ4v) is 3.20. The molecule has 0 radical (unpaired) electrons. The van der Waals surface area contributed by atoms with Gasteiger partial charge in [0.25, 0.3) is 0 Å². The maximum atomic E-state index is 9.58. The zero-order valence-corrected chi connectivity index (χ0v) is 10.4. The van der Waals surface area contributed by atoms with Gasteiger partial charge in [-0.1, -0.05) is 43.1 Å². The summed E-state index contributed by atoms with van der Waals surface area (Å²) in [6.07, 6.45) is 0.931. The summed E-state index contributed by atoms with van der Waals surface area (Å²) in [6, 6.07) is 5.48.